The fourth-order valence-electron chi connectivity index (χ4n) is 9.61. The van der Waals surface area contributed by atoms with Crippen LogP contribution in [0.5, 0.6) is 11.5 Å². The van der Waals surface area contributed by atoms with Crippen molar-refractivity contribution >= 4 is 35.3 Å². The molecule has 564 valence electrons. The second kappa shape index (κ2) is 66.4. The molecule has 1 fully saturated rings. The van der Waals surface area contributed by atoms with Crippen molar-refractivity contribution in [1.29, 1.82) is 0 Å². The average Bonchev–Trinajstić information content (AvgIpc) is 1.09. The maximum absolute atomic E-state index is 12.6. The van der Waals surface area contributed by atoms with Crippen LogP contribution in [0, 0.1) is 6.92 Å². The van der Waals surface area contributed by atoms with Crippen LogP contribution in [0.1, 0.15) is 204 Å². The normalized spacial score (nSPS) is 11.0. The summed E-state index contributed by atoms with van der Waals surface area (Å²) in [6.07, 6.45) is 13.4. The van der Waals surface area contributed by atoms with Crippen LogP contribution in [0.2, 0.25) is 0 Å². The summed E-state index contributed by atoms with van der Waals surface area (Å²) >= 11 is 4.32. The van der Waals surface area contributed by atoms with Crippen molar-refractivity contribution < 1.29 is 22.7 Å². The Morgan fingerprint density at radius 2 is 0.970 bits per heavy atom. The van der Waals surface area contributed by atoms with Gasteiger partial charge in [-0.2, -0.15) is 20.5 Å². The summed E-state index contributed by atoms with van der Waals surface area (Å²) in [5, 5.41) is -2.69. The molecule has 1 aliphatic heterocycles. The molecule has 0 atom stereocenters. The van der Waals surface area contributed by atoms with Crippen LogP contribution in [-0.2, 0) is 44.4 Å². The monoisotopic (exact) mass is 1440 g/mol. The van der Waals surface area contributed by atoms with Crippen molar-refractivity contribution in [2.45, 2.75) is 231 Å². The Balaban J connectivity index is -0.000000343. The number of hydrogen-bond acceptors (Lipinski definition) is 9. The molecule has 0 bridgehead atoms. The van der Waals surface area contributed by atoms with E-state index in [0.717, 1.165) is 75.2 Å². The number of nitrogens with zero attached hydrogens (tertiary/aromatic N) is 3. The number of halogens is 2. The topological polar surface area (TPSA) is 41.3 Å². The van der Waals surface area contributed by atoms with E-state index in [0.29, 0.717) is 16.7 Å². The highest BCUT2D eigenvalue weighted by Gasteiger charge is 2.22. The number of methoxy groups -OCH3 is 1. The number of furan rings is 1. The Bertz CT molecular complexity index is 2940. The SMILES string of the molecule is C.C.C.C.C.C.CCCN(CCC)CCC.CCCN1CCN(Cc2ccccc2)CC1.CCCSCc1ccco1.CCOc1ccccc1CC.CCc1ccc(CC)cc1.CCc1ccc(SC(C)(F)F)cc1.CCc1cccc(OC)c1.Cc1ccccc1Sc1ccccc1. The van der Waals surface area contributed by atoms with Crippen LogP contribution in [0.25, 0.3) is 0 Å². The summed E-state index contributed by atoms with van der Waals surface area (Å²) < 4.78 is 40.8. The second-order valence-corrected chi connectivity index (χ2v) is 26.4. The largest absolute Gasteiger partial charge is 0.497 e. The molecule has 6 nitrogen and oxygen atoms in total. The minimum absolute atomic E-state index is 0. The lowest BCUT2D eigenvalue weighted by Gasteiger charge is -2.34. The number of benzene rings is 7. The predicted molar refractivity (Wildman–Crippen MR) is 450 cm³/mol. The number of ether oxygens (including phenoxy) is 2. The molecule has 7 aromatic carbocycles. The molecular formula is C89H143F2N3O3S3. The van der Waals surface area contributed by atoms with Gasteiger partial charge in [0.1, 0.15) is 17.3 Å². The van der Waals surface area contributed by atoms with Crippen LogP contribution in [0.3, 0.4) is 0 Å². The molecule has 0 aliphatic carbocycles. The molecule has 0 saturated carbocycles. The van der Waals surface area contributed by atoms with Crippen molar-refractivity contribution in [2.75, 3.05) is 71.8 Å². The smallest absolute Gasteiger partial charge is 0.295 e. The van der Waals surface area contributed by atoms with E-state index in [4.69, 9.17) is 13.9 Å². The number of alkyl halides is 2. The first-order valence-corrected chi connectivity index (χ1v) is 37.6. The standard InChI is InChI=1S/C14H22N2.C13H12S.C10H12F2S.C10H14O.C10H14.C9H21N.C9H12O.C8H12OS.6CH4/c1-2-8-15-9-11-16(12-10-15)13-14-6-4-3-5-7-14;1-11-7-5-6-10-13(11)14-12-8-3-2-4-9-12;1-3-8-4-6-9(7-5-8)13-10(2,11)12;1-3-9-7-5-6-8-10(9)11-4-2;1-3-9-5-7-10(4-2)8-6-9;1-4-7-10(8-5-2)9-6-3;1-3-8-5-4-6-9(7-8)10-2;1-2-6-10-7-8-4-3-5-9-8;;;;;;/h3-7H,2,8-13H2,1H3;2-10H,1H3;4-7H,3H2,1-2H3;5-8H,3-4H2,1-2H3;5-8H,3-4H2,1-2H3;4-9H2,1-3H3;4-7H,3H2,1-2H3;3-5H,2,6-7H2,1H3;6*1H4. The third-order valence-corrected chi connectivity index (χ3v) is 18.0. The van der Waals surface area contributed by atoms with Crippen LogP contribution in [0.4, 0.5) is 8.78 Å². The van der Waals surface area contributed by atoms with Crippen LogP contribution >= 0.6 is 35.3 Å². The van der Waals surface area contributed by atoms with Crippen LogP contribution in [0.15, 0.2) is 219 Å². The molecule has 0 unspecified atom stereocenters. The van der Waals surface area contributed by atoms with Gasteiger partial charge in [0.05, 0.1) is 25.7 Å². The molecule has 11 heteroatoms. The minimum Gasteiger partial charge on any atom is -0.497 e. The summed E-state index contributed by atoms with van der Waals surface area (Å²) in [7, 11) is 1.69. The Morgan fingerprint density at radius 3 is 1.43 bits per heavy atom. The van der Waals surface area contributed by atoms with Crippen LogP contribution in [-0.4, -0.2) is 91.8 Å². The molecule has 100 heavy (non-hydrogen) atoms. The molecule has 2 heterocycles. The van der Waals surface area contributed by atoms with E-state index < -0.39 is 5.25 Å². The molecule has 1 aliphatic rings. The van der Waals surface area contributed by atoms with Gasteiger partial charge in [-0.15, -0.1) is 0 Å². The first-order chi connectivity index (χ1) is 45.6. The van der Waals surface area contributed by atoms with Gasteiger partial charge in [0.15, 0.2) is 0 Å². The lowest BCUT2D eigenvalue weighted by molar-refractivity contribution is 0.127. The summed E-state index contributed by atoms with van der Waals surface area (Å²) in [6.45, 7) is 38.8. The highest BCUT2D eigenvalue weighted by molar-refractivity contribution is 8.00. The zero-order chi connectivity index (χ0) is 68.9. The van der Waals surface area contributed by atoms with Gasteiger partial charge >= 0.3 is 0 Å². The van der Waals surface area contributed by atoms with Gasteiger partial charge in [-0.05, 0) is 210 Å². The van der Waals surface area contributed by atoms with Gasteiger partial charge < -0.3 is 23.7 Å². The van der Waals surface area contributed by atoms with E-state index in [9.17, 15) is 8.78 Å². The fourth-order valence-corrected chi connectivity index (χ4v) is 12.0. The Kier molecular flexibility index (Phi) is 68.3. The lowest BCUT2D eigenvalue weighted by Crippen LogP contribution is -2.45. The summed E-state index contributed by atoms with van der Waals surface area (Å²) in [6, 6.07) is 66.0. The average molecular weight is 1440 g/mol. The number of piperazine rings is 1. The zero-order valence-electron chi connectivity index (χ0n) is 60.2. The van der Waals surface area contributed by atoms with Gasteiger partial charge in [-0.3, -0.25) is 4.90 Å². The molecule has 0 N–H and O–H groups in total. The van der Waals surface area contributed by atoms with Gasteiger partial charge in [0, 0.05) is 54.3 Å². The molecule has 8 aromatic rings. The van der Waals surface area contributed by atoms with Gasteiger partial charge in [-0.25, -0.2) is 0 Å². The second-order valence-electron chi connectivity index (χ2n) is 22.8. The quantitative estimate of drug-likeness (QED) is 0.0390. The maximum atomic E-state index is 12.6. The first-order valence-electron chi connectivity index (χ1n) is 34.8. The lowest BCUT2D eigenvalue weighted by atomic mass is 10.1. The van der Waals surface area contributed by atoms with Gasteiger partial charge in [0.25, 0.3) is 5.25 Å². The van der Waals surface area contributed by atoms with Gasteiger partial charge in [-0.1, -0.05) is 271 Å². The van der Waals surface area contributed by atoms with Crippen molar-refractivity contribution in [3.63, 3.8) is 0 Å². The van der Waals surface area contributed by atoms with E-state index in [2.05, 4.69) is 205 Å². The van der Waals surface area contributed by atoms with Gasteiger partial charge in [0.2, 0.25) is 0 Å². The number of rotatable bonds is 26. The number of para-hydroxylation sites is 1. The zero-order valence-corrected chi connectivity index (χ0v) is 62.6. The Labute approximate surface area is 628 Å². The molecule has 9 rings (SSSR count). The molecule has 0 radical (unpaired) electrons. The van der Waals surface area contributed by atoms with Crippen molar-refractivity contribution in [2.24, 2.45) is 0 Å². The highest BCUT2D eigenvalue weighted by Crippen LogP contribution is 2.35. The maximum Gasteiger partial charge on any atom is 0.295 e. The molecule has 0 spiro atoms. The third-order valence-electron chi connectivity index (χ3n) is 14.8. The first kappa shape index (κ1) is 103. The van der Waals surface area contributed by atoms with E-state index in [1.165, 1.54) is 139 Å². The van der Waals surface area contributed by atoms with Crippen LogP contribution < -0.4 is 9.47 Å². The number of aryl methyl sites for hydroxylation is 6. The number of hydrogen-bond donors (Lipinski definition) is 0. The Morgan fingerprint density at radius 1 is 0.480 bits per heavy atom. The molecule has 1 saturated heterocycles. The van der Waals surface area contributed by atoms with E-state index >= 15 is 0 Å². The fraction of sp³-hybridized carbons (Fsp3) is 0.483. The van der Waals surface area contributed by atoms with E-state index in [-0.39, 0.29) is 44.6 Å². The van der Waals surface area contributed by atoms with Crippen molar-refractivity contribution in [3.8, 4) is 11.5 Å². The number of thioether (sulfide) groups is 2. The van der Waals surface area contributed by atoms with E-state index in [1.807, 2.05) is 98.0 Å². The Hall–Kier alpha value is -5.79. The highest BCUT2D eigenvalue weighted by atomic mass is 32.2. The summed E-state index contributed by atoms with van der Waals surface area (Å²) in [5.41, 5.74) is 9.40. The molecule has 1 aromatic heterocycles. The third kappa shape index (κ3) is 49.7. The minimum atomic E-state index is -2.69. The molecular weight excluding hydrogens is 1290 g/mol. The molecule has 0 amide bonds. The summed E-state index contributed by atoms with van der Waals surface area (Å²) in [4.78, 5) is 10.9. The van der Waals surface area contributed by atoms with Crippen molar-refractivity contribution in [3.05, 3.63) is 245 Å². The summed E-state index contributed by atoms with van der Waals surface area (Å²) in [5.74, 6) is 5.29. The predicted octanol–water partition coefficient (Wildman–Crippen LogP) is 27.3. The van der Waals surface area contributed by atoms with E-state index in [1.54, 1.807) is 25.5 Å². The van der Waals surface area contributed by atoms with Crippen molar-refractivity contribution in [1.82, 2.24) is 14.7 Å².